The third-order valence-electron chi connectivity index (χ3n) is 5.51. The average molecular weight is 447 g/mol. The first-order chi connectivity index (χ1) is 14.9. The van der Waals surface area contributed by atoms with Crippen molar-refractivity contribution in [1.29, 1.82) is 0 Å². The Morgan fingerprint density at radius 3 is 2.35 bits per heavy atom. The van der Waals surface area contributed by atoms with Crippen molar-refractivity contribution in [2.24, 2.45) is 0 Å². The lowest BCUT2D eigenvalue weighted by molar-refractivity contribution is -0.127. The minimum Gasteiger partial charge on any atom is -0.493 e. The maximum absolute atomic E-state index is 14.1. The fourth-order valence-electron chi connectivity index (χ4n) is 3.89. The van der Waals surface area contributed by atoms with Crippen LogP contribution in [0.3, 0.4) is 0 Å². The van der Waals surface area contributed by atoms with Gasteiger partial charge in [0.25, 0.3) is 5.91 Å². The predicted molar refractivity (Wildman–Crippen MR) is 114 cm³/mol. The first kappa shape index (κ1) is 21.2. The zero-order valence-corrected chi connectivity index (χ0v) is 18.1. The van der Waals surface area contributed by atoms with Crippen LogP contribution in [0.1, 0.15) is 19.3 Å². The Balaban J connectivity index is 1.88. The number of carbonyl (C=O) groups excluding carboxylic acids is 1. The van der Waals surface area contributed by atoms with Gasteiger partial charge in [0, 0.05) is 31.0 Å². The van der Waals surface area contributed by atoms with Crippen LogP contribution in [0.2, 0.25) is 0 Å². The highest BCUT2D eigenvalue weighted by molar-refractivity contribution is 7.96. The minimum absolute atomic E-state index is 0.119. The van der Waals surface area contributed by atoms with Gasteiger partial charge in [0.05, 0.1) is 24.8 Å². The number of hydrogen-bond donors (Lipinski definition) is 0. The second kappa shape index (κ2) is 8.22. The van der Waals surface area contributed by atoms with Gasteiger partial charge in [-0.2, -0.15) is 0 Å². The highest BCUT2D eigenvalue weighted by Crippen LogP contribution is 2.42. The second-order valence-corrected chi connectivity index (χ2v) is 9.26. The number of anilines is 2. The van der Waals surface area contributed by atoms with Gasteiger partial charge in [-0.3, -0.25) is 4.79 Å². The number of nitrogens with zero attached hydrogens (tertiary/aromatic N) is 2. The zero-order valence-electron chi connectivity index (χ0n) is 17.3. The Morgan fingerprint density at radius 2 is 1.68 bits per heavy atom. The highest BCUT2D eigenvalue weighted by Gasteiger charge is 2.38. The molecule has 0 N–H and O–H groups in total. The molecule has 0 saturated carbocycles. The summed E-state index contributed by atoms with van der Waals surface area (Å²) in [6.07, 6.45) is 3.95. The maximum Gasteiger partial charge on any atom is 0.267 e. The van der Waals surface area contributed by atoms with E-state index in [1.54, 1.807) is 23.1 Å². The predicted octanol–water partition coefficient (Wildman–Crippen LogP) is 3.62. The van der Waals surface area contributed by atoms with Gasteiger partial charge in [0.15, 0.2) is 16.4 Å². The summed E-state index contributed by atoms with van der Waals surface area (Å²) in [6.45, 7) is 1.02. The van der Waals surface area contributed by atoms with Crippen LogP contribution in [0.15, 0.2) is 52.4 Å². The summed E-state index contributed by atoms with van der Waals surface area (Å²) in [7, 11) is -1.12. The number of amides is 1. The molecule has 0 unspecified atom stereocenters. The summed E-state index contributed by atoms with van der Waals surface area (Å²) in [5.41, 5.74) is 0.630. The van der Waals surface area contributed by atoms with E-state index < -0.39 is 21.6 Å². The molecular formula is C22H23FN2O5S. The molecule has 1 amide bonds. The Kier molecular flexibility index (Phi) is 5.62. The lowest BCUT2D eigenvalue weighted by Crippen LogP contribution is -2.39. The van der Waals surface area contributed by atoms with Crippen LogP contribution in [0, 0.1) is 5.82 Å². The van der Waals surface area contributed by atoms with Gasteiger partial charge in [0.1, 0.15) is 5.82 Å². The SMILES string of the molecule is COc1ccc(N2C=C(C(=O)N3CCCCC3)S(=O)(=O)c3ccc(F)cc32)cc1OC. The monoisotopic (exact) mass is 446 g/mol. The lowest BCUT2D eigenvalue weighted by atomic mass is 10.1. The molecule has 0 bridgehead atoms. The van der Waals surface area contributed by atoms with E-state index in [-0.39, 0.29) is 15.5 Å². The van der Waals surface area contributed by atoms with Crippen LogP contribution in [0.4, 0.5) is 15.8 Å². The van der Waals surface area contributed by atoms with E-state index >= 15 is 0 Å². The van der Waals surface area contributed by atoms with Crippen molar-refractivity contribution >= 4 is 27.1 Å². The fourth-order valence-corrected chi connectivity index (χ4v) is 5.41. The van der Waals surface area contributed by atoms with Crippen molar-refractivity contribution in [1.82, 2.24) is 4.90 Å². The molecule has 0 atom stereocenters. The quantitative estimate of drug-likeness (QED) is 0.668. The molecule has 0 spiro atoms. The van der Waals surface area contributed by atoms with Crippen LogP contribution >= 0.6 is 0 Å². The number of halogens is 1. The van der Waals surface area contributed by atoms with Crippen molar-refractivity contribution in [3.63, 3.8) is 0 Å². The van der Waals surface area contributed by atoms with Gasteiger partial charge in [-0.25, -0.2) is 12.8 Å². The number of rotatable bonds is 4. The lowest BCUT2D eigenvalue weighted by Gasteiger charge is -2.32. The van der Waals surface area contributed by atoms with Gasteiger partial charge in [0.2, 0.25) is 9.84 Å². The third kappa shape index (κ3) is 3.74. The van der Waals surface area contributed by atoms with E-state index in [0.717, 1.165) is 31.4 Å². The second-order valence-electron chi connectivity index (χ2n) is 7.37. The Hall–Kier alpha value is -3.07. The Labute approximate surface area is 180 Å². The molecule has 0 radical (unpaired) electrons. The van der Waals surface area contributed by atoms with Gasteiger partial charge >= 0.3 is 0 Å². The van der Waals surface area contributed by atoms with Crippen LogP contribution < -0.4 is 14.4 Å². The normalized spacial score (nSPS) is 17.6. The number of hydrogen-bond acceptors (Lipinski definition) is 6. The molecule has 4 rings (SSSR count). The molecule has 7 nitrogen and oxygen atoms in total. The van der Waals surface area contributed by atoms with Crippen molar-refractivity contribution in [2.45, 2.75) is 24.2 Å². The molecule has 164 valence electrons. The van der Waals surface area contributed by atoms with Crippen LogP contribution in [-0.4, -0.2) is 46.5 Å². The molecule has 1 fully saturated rings. The zero-order chi connectivity index (χ0) is 22.2. The van der Waals surface area contributed by atoms with Gasteiger partial charge in [-0.1, -0.05) is 0 Å². The van der Waals surface area contributed by atoms with Crippen LogP contribution in [0.25, 0.3) is 0 Å². The molecule has 9 heteroatoms. The smallest absolute Gasteiger partial charge is 0.267 e. The van der Waals surface area contributed by atoms with Crippen LogP contribution in [0.5, 0.6) is 11.5 Å². The molecule has 0 aromatic heterocycles. The number of carbonyl (C=O) groups is 1. The van der Waals surface area contributed by atoms with E-state index in [1.165, 1.54) is 31.4 Å². The van der Waals surface area contributed by atoms with Crippen molar-refractivity contribution in [2.75, 3.05) is 32.2 Å². The Bertz CT molecular complexity index is 1160. The van der Waals surface area contributed by atoms with Crippen molar-refractivity contribution in [3.05, 3.63) is 53.3 Å². The van der Waals surface area contributed by atoms with Gasteiger partial charge < -0.3 is 19.3 Å². The largest absolute Gasteiger partial charge is 0.493 e. The molecule has 0 aliphatic carbocycles. The van der Waals surface area contributed by atoms with E-state index in [4.69, 9.17) is 9.47 Å². The number of fused-ring (bicyclic) bond motifs is 1. The van der Waals surface area contributed by atoms with E-state index in [1.807, 2.05) is 0 Å². The number of methoxy groups -OCH3 is 2. The standard InChI is InChI=1S/C22H23FN2O5S/c1-29-18-8-7-16(13-19(18)30-2)25-14-21(22(26)24-10-4-3-5-11-24)31(27,28)20-9-6-15(23)12-17(20)25/h6-9,12-14H,3-5,10-11H2,1-2H3. The number of ether oxygens (including phenoxy) is 2. The van der Waals surface area contributed by atoms with Crippen LogP contribution in [-0.2, 0) is 14.6 Å². The maximum atomic E-state index is 14.1. The molecular weight excluding hydrogens is 423 g/mol. The summed E-state index contributed by atoms with van der Waals surface area (Å²) < 4.78 is 51.3. The molecule has 2 aliphatic heterocycles. The van der Waals surface area contributed by atoms with E-state index in [0.29, 0.717) is 30.3 Å². The Morgan fingerprint density at radius 1 is 0.968 bits per heavy atom. The summed E-state index contributed by atoms with van der Waals surface area (Å²) in [6, 6.07) is 8.42. The number of benzene rings is 2. The first-order valence-electron chi connectivity index (χ1n) is 9.94. The topological polar surface area (TPSA) is 76.2 Å². The molecule has 2 aromatic carbocycles. The number of piperidine rings is 1. The molecule has 2 aliphatic rings. The summed E-state index contributed by atoms with van der Waals surface area (Å²) >= 11 is 0. The summed E-state index contributed by atoms with van der Waals surface area (Å²) in [5.74, 6) is -0.216. The molecule has 2 heterocycles. The van der Waals surface area contributed by atoms with E-state index in [9.17, 15) is 17.6 Å². The third-order valence-corrected chi connectivity index (χ3v) is 7.29. The summed E-state index contributed by atoms with van der Waals surface area (Å²) in [4.78, 5) is 15.8. The summed E-state index contributed by atoms with van der Waals surface area (Å²) in [5, 5.41) is 0. The van der Waals surface area contributed by atoms with Crippen molar-refractivity contribution in [3.8, 4) is 11.5 Å². The molecule has 31 heavy (non-hydrogen) atoms. The first-order valence-corrected chi connectivity index (χ1v) is 11.4. The molecule has 1 saturated heterocycles. The highest BCUT2D eigenvalue weighted by atomic mass is 32.2. The number of sulfone groups is 1. The molecule has 2 aromatic rings. The fraction of sp³-hybridized carbons (Fsp3) is 0.318. The van der Waals surface area contributed by atoms with Gasteiger partial charge in [-0.15, -0.1) is 0 Å². The van der Waals surface area contributed by atoms with Gasteiger partial charge in [-0.05, 0) is 49.6 Å². The number of likely N-dealkylation sites (tertiary alicyclic amines) is 1. The van der Waals surface area contributed by atoms with Crippen molar-refractivity contribution < 1.29 is 27.1 Å². The van der Waals surface area contributed by atoms with E-state index in [2.05, 4.69) is 0 Å². The minimum atomic E-state index is -4.11. The average Bonchev–Trinajstić information content (AvgIpc) is 2.78.